The predicted octanol–water partition coefficient (Wildman–Crippen LogP) is 0.744. The number of methoxy groups -OCH3 is 2. The van der Waals surface area contributed by atoms with E-state index in [1.54, 1.807) is 14.2 Å². The topological polar surface area (TPSA) is 21.7 Å². The van der Waals surface area contributed by atoms with Crippen LogP contribution in [-0.4, -0.2) is 51.5 Å². The largest absolute Gasteiger partial charge is 0.383 e. The molecule has 0 atom stereocenters. The number of ether oxygens (including phenoxy) is 2. The molecule has 0 amide bonds. The number of rotatable bonds is 4. The van der Waals surface area contributed by atoms with Gasteiger partial charge in [0.15, 0.2) is 0 Å². The first kappa shape index (κ1) is 9.96. The third-order valence-electron chi connectivity index (χ3n) is 2.48. The standard InChI is InChI=1S/C9H19NO2/c1-11-8-7-10-5-3-9(12-2)4-6-10/h9H,3-8H2,1-2H3. The minimum absolute atomic E-state index is 0.490. The summed E-state index contributed by atoms with van der Waals surface area (Å²) >= 11 is 0. The van der Waals surface area contributed by atoms with Crippen molar-refractivity contribution >= 4 is 0 Å². The van der Waals surface area contributed by atoms with Gasteiger partial charge in [0.25, 0.3) is 0 Å². The number of nitrogens with zero attached hydrogens (tertiary/aromatic N) is 1. The van der Waals surface area contributed by atoms with Crippen LogP contribution in [0.1, 0.15) is 12.8 Å². The molecule has 1 saturated heterocycles. The first-order valence-electron chi connectivity index (χ1n) is 4.61. The summed E-state index contributed by atoms with van der Waals surface area (Å²) in [6, 6.07) is 0. The van der Waals surface area contributed by atoms with Crippen molar-refractivity contribution in [3.8, 4) is 0 Å². The van der Waals surface area contributed by atoms with Gasteiger partial charge in [0.2, 0.25) is 0 Å². The number of piperidine rings is 1. The van der Waals surface area contributed by atoms with Crippen LogP contribution in [0.5, 0.6) is 0 Å². The molecule has 1 aliphatic rings. The Morgan fingerprint density at radius 3 is 2.42 bits per heavy atom. The minimum atomic E-state index is 0.490. The first-order chi connectivity index (χ1) is 5.86. The van der Waals surface area contributed by atoms with Gasteiger partial charge in [-0.25, -0.2) is 0 Å². The van der Waals surface area contributed by atoms with Gasteiger partial charge in [-0.15, -0.1) is 0 Å². The molecule has 1 aliphatic heterocycles. The van der Waals surface area contributed by atoms with Crippen LogP contribution in [0.15, 0.2) is 0 Å². The summed E-state index contributed by atoms with van der Waals surface area (Å²) in [7, 11) is 3.55. The zero-order valence-corrected chi connectivity index (χ0v) is 8.08. The molecule has 1 heterocycles. The maximum atomic E-state index is 5.29. The van der Waals surface area contributed by atoms with Gasteiger partial charge in [-0.1, -0.05) is 0 Å². The van der Waals surface area contributed by atoms with E-state index in [1.165, 1.54) is 12.8 Å². The lowest BCUT2D eigenvalue weighted by Gasteiger charge is -2.30. The average Bonchev–Trinajstić information content (AvgIpc) is 2.15. The molecular weight excluding hydrogens is 154 g/mol. The summed E-state index contributed by atoms with van der Waals surface area (Å²) in [6.07, 6.45) is 2.82. The molecular formula is C9H19NO2. The zero-order valence-electron chi connectivity index (χ0n) is 8.08. The molecule has 0 bridgehead atoms. The van der Waals surface area contributed by atoms with Crippen molar-refractivity contribution in [2.75, 3.05) is 40.5 Å². The lowest BCUT2D eigenvalue weighted by molar-refractivity contribution is 0.0333. The Kier molecular flexibility index (Phi) is 4.58. The van der Waals surface area contributed by atoms with E-state index in [0.29, 0.717) is 6.10 Å². The molecule has 0 radical (unpaired) electrons. The Labute approximate surface area is 74.6 Å². The van der Waals surface area contributed by atoms with Crippen molar-refractivity contribution in [3.63, 3.8) is 0 Å². The van der Waals surface area contributed by atoms with Crippen molar-refractivity contribution in [2.45, 2.75) is 18.9 Å². The molecule has 1 rings (SSSR count). The fourth-order valence-corrected chi connectivity index (χ4v) is 1.59. The van der Waals surface area contributed by atoms with Gasteiger partial charge in [-0.05, 0) is 12.8 Å². The second-order valence-electron chi connectivity index (χ2n) is 3.27. The van der Waals surface area contributed by atoms with E-state index in [2.05, 4.69) is 4.90 Å². The highest BCUT2D eigenvalue weighted by atomic mass is 16.5. The summed E-state index contributed by atoms with van der Waals surface area (Å²) in [5.74, 6) is 0. The smallest absolute Gasteiger partial charge is 0.0595 e. The molecule has 0 aromatic carbocycles. The second kappa shape index (κ2) is 5.51. The lowest BCUT2D eigenvalue weighted by atomic mass is 10.1. The Morgan fingerprint density at radius 2 is 1.92 bits per heavy atom. The average molecular weight is 173 g/mol. The van der Waals surface area contributed by atoms with E-state index >= 15 is 0 Å². The SMILES string of the molecule is COCCN1CCC(OC)CC1. The summed E-state index contributed by atoms with van der Waals surface area (Å²) in [6.45, 7) is 4.22. The molecule has 0 aromatic heterocycles. The molecule has 1 fully saturated rings. The van der Waals surface area contributed by atoms with Crippen LogP contribution in [0.2, 0.25) is 0 Å². The zero-order chi connectivity index (χ0) is 8.81. The van der Waals surface area contributed by atoms with Crippen molar-refractivity contribution in [1.82, 2.24) is 4.90 Å². The minimum Gasteiger partial charge on any atom is -0.383 e. The van der Waals surface area contributed by atoms with E-state index in [1.807, 2.05) is 0 Å². The molecule has 12 heavy (non-hydrogen) atoms. The normalized spacial score (nSPS) is 21.5. The summed E-state index contributed by atoms with van der Waals surface area (Å²) in [5.41, 5.74) is 0. The van der Waals surface area contributed by atoms with Crippen LogP contribution in [0.3, 0.4) is 0 Å². The Morgan fingerprint density at radius 1 is 1.25 bits per heavy atom. The van der Waals surface area contributed by atoms with Gasteiger partial charge in [-0.3, -0.25) is 0 Å². The summed E-state index contributed by atoms with van der Waals surface area (Å²) in [4.78, 5) is 2.43. The van der Waals surface area contributed by atoms with Gasteiger partial charge < -0.3 is 14.4 Å². The van der Waals surface area contributed by atoms with Crippen LogP contribution < -0.4 is 0 Å². The predicted molar refractivity (Wildman–Crippen MR) is 48.3 cm³/mol. The number of likely N-dealkylation sites (tertiary alicyclic amines) is 1. The first-order valence-corrected chi connectivity index (χ1v) is 4.61. The van der Waals surface area contributed by atoms with Crippen molar-refractivity contribution in [3.05, 3.63) is 0 Å². The quantitative estimate of drug-likeness (QED) is 0.626. The fraction of sp³-hybridized carbons (Fsp3) is 1.00. The molecule has 3 heteroatoms. The van der Waals surface area contributed by atoms with Crippen LogP contribution in [0.25, 0.3) is 0 Å². The van der Waals surface area contributed by atoms with Gasteiger partial charge >= 0.3 is 0 Å². The van der Waals surface area contributed by atoms with Crippen molar-refractivity contribution in [1.29, 1.82) is 0 Å². The molecule has 0 saturated carbocycles. The Balaban J connectivity index is 2.09. The molecule has 0 N–H and O–H groups in total. The lowest BCUT2D eigenvalue weighted by Crippen LogP contribution is -2.38. The Hall–Kier alpha value is -0.120. The van der Waals surface area contributed by atoms with Crippen LogP contribution in [0, 0.1) is 0 Å². The molecule has 72 valence electrons. The maximum absolute atomic E-state index is 5.29. The maximum Gasteiger partial charge on any atom is 0.0595 e. The monoisotopic (exact) mass is 173 g/mol. The number of hydrogen-bond acceptors (Lipinski definition) is 3. The molecule has 0 unspecified atom stereocenters. The van der Waals surface area contributed by atoms with Crippen LogP contribution in [0.4, 0.5) is 0 Å². The highest BCUT2D eigenvalue weighted by Crippen LogP contribution is 2.11. The van der Waals surface area contributed by atoms with Gasteiger partial charge in [0, 0.05) is 33.9 Å². The van der Waals surface area contributed by atoms with Crippen molar-refractivity contribution in [2.24, 2.45) is 0 Å². The van der Waals surface area contributed by atoms with Gasteiger partial charge in [0.05, 0.1) is 12.7 Å². The van der Waals surface area contributed by atoms with E-state index in [4.69, 9.17) is 9.47 Å². The van der Waals surface area contributed by atoms with E-state index in [9.17, 15) is 0 Å². The number of hydrogen-bond donors (Lipinski definition) is 0. The highest BCUT2D eigenvalue weighted by molar-refractivity contribution is 4.71. The second-order valence-corrected chi connectivity index (χ2v) is 3.27. The van der Waals surface area contributed by atoms with Gasteiger partial charge in [-0.2, -0.15) is 0 Å². The molecule has 0 aliphatic carbocycles. The Bertz CT molecular complexity index is 111. The van der Waals surface area contributed by atoms with Gasteiger partial charge in [0.1, 0.15) is 0 Å². The highest BCUT2D eigenvalue weighted by Gasteiger charge is 2.17. The van der Waals surface area contributed by atoms with Crippen molar-refractivity contribution < 1.29 is 9.47 Å². The van der Waals surface area contributed by atoms with Crippen LogP contribution >= 0.6 is 0 Å². The van der Waals surface area contributed by atoms with E-state index < -0.39 is 0 Å². The van der Waals surface area contributed by atoms with Crippen LogP contribution in [-0.2, 0) is 9.47 Å². The summed E-state index contributed by atoms with van der Waals surface area (Å²) < 4.78 is 10.3. The molecule has 0 spiro atoms. The molecule has 0 aromatic rings. The van der Waals surface area contributed by atoms with E-state index in [-0.39, 0.29) is 0 Å². The third-order valence-corrected chi connectivity index (χ3v) is 2.48. The fourth-order valence-electron chi connectivity index (χ4n) is 1.59. The third kappa shape index (κ3) is 3.09. The summed E-state index contributed by atoms with van der Waals surface area (Å²) in [5, 5.41) is 0. The van der Waals surface area contributed by atoms with E-state index in [0.717, 1.165) is 26.2 Å². The molecule has 3 nitrogen and oxygen atoms in total.